The van der Waals surface area contributed by atoms with E-state index in [0.717, 1.165) is 16.0 Å². The third-order valence-corrected chi connectivity index (χ3v) is 8.74. The number of para-hydroxylation sites is 1. The summed E-state index contributed by atoms with van der Waals surface area (Å²) < 4.78 is 28.1. The Kier molecular flexibility index (Phi) is 7.99. The zero-order valence-electron chi connectivity index (χ0n) is 21.5. The van der Waals surface area contributed by atoms with Crippen LogP contribution in [0.2, 0.25) is 0 Å². The van der Waals surface area contributed by atoms with Gasteiger partial charge in [-0.05, 0) is 61.0 Å². The minimum atomic E-state index is -3.73. The quantitative estimate of drug-likeness (QED) is 0.272. The fourth-order valence-corrected chi connectivity index (χ4v) is 6.13. The molecule has 1 atom stereocenters. The number of benzene rings is 4. The number of hydrazone groups is 1. The summed E-state index contributed by atoms with van der Waals surface area (Å²) in [4.78, 5) is 26.9. The summed E-state index contributed by atoms with van der Waals surface area (Å²) in [5.74, 6) is -0.267. The second kappa shape index (κ2) is 11.8. The number of hydrogen-bond acceptors (Lipinski definition) is 6. The number of rotatable bonds is 8. The number of thioether (sulfide) groups is 1. The van der Waals surface area contributed by atoms with Crippen LogP contribution in [0.15, 0.2) is 124 Å². The highest BCUT2D eigenvalue weighted by Crippen LogP contribution is 2.36. The fourth-order valence-electron chi connectivity index (χ4n) is 4.05. The fraction of sp³-hybridized carbons (Fsp3) is 0.100. The molecule has 202 valence electrons. The maximum absolute atomic E-state index is 13.5. The molecule has 1 aliphatic heterocycles. The van der Waals surface area contributed by atoms with Gasteiger partial charge in [-0.15, -0.1) is 11.8 Å². The summed E-state index contributed by atoms with van der Waals surface area (Å²) in [6, 6.07) is 31.8. The van der Waals surface area contributed by atoms with Crippen LogP contribution in [0.4, 0.5) is 11.4 Å². The van der Waals surface area contributed by atoms with E-state index in [-0.39, 0.29) is 29.0 Å². The molecule has 40 heavy (non-hydrogen) atoms. The molecule has 0 saturated heterocycles. The van der Waals surface area contributed by atoms with Crippen LogP contribution >= 0.6 is 11.8 Å². The maximum Gasteiger partial charge on any atom is 0.261 e. The SMILES string of the molecule is Cc1ccc(S(=O)(=O)Nc2ccc(SC(C(=O)NC3=NN(c4ccccc4)C(=O)C3)c3ccccc3)cc2)cc1. The van der Waals surface area contributed by atoms with E-state index in [0.29, 0.717) is 11.4 Å². The van der Waals surface area contributed by atoms with Crippen molar-refractivity contribution in [3.05, 3.63) is 120 Å². The topological polar surface area (TPSA) is 108 Å². The van der Waals surface area contributed by atoms with Gasteiger partial charge in [-0.25, -0.2) is 8.42 Å². The van der Waals surface area contributed by atoms with E-state index in [1.807, 2.05) is 55.5 Å². The van der Waals surface area contributed by atoms with Crippen LogP contribution in [0.3, 0.4) is 0 Å². The molecular formula is C30H26N4O4S2. The highest BCUT2D eigenvalue weighted by atomic mass is 32.2. The van der Waals surface area contributed by atoms with Crippen molar-refractivity contribution in [2.75, 3.05) is 9.73 Å². The Morgan fingerprint density at radius 2 is 1.50 bits per heavy atom. The first-order chi connectivity index (χ1) is 19.3. The molecule has 5 rings (SSSR count). The van der Waals surface area contributed by atoms with E-state index < -0.39 is 15.3 Å². The second-order valence-corrected chi connectivity index (χ2v) is 12.0. The normalized spacial score (nSPS) is 14.0. The molecular weight excluding hydrogens is 544 g/mol. The monoisotopic (exact) mass is 570 g/mol. The van der Waals surface area contributed by atoms with Crippen molar-refractivity contribution in [2.45, 2.75) is 28.4 Å². The van der Waals surface area contributed by atoms with E-state index in [9.17, 15) is 18.0 Å². The zero-order chi connectivity index (χ0) is 28.1. The first-order valence-corrected chi connectivity index (χ1v) is 14.8. The number of nitrogens with zero attached hydrogens (tertiary/aromatic N) is 2. The molecule has 10 heteroatoms. The lowest BCUT2D eigenvalue weighted by Gasteiger charge is -2.17. The van der Waals surface area contributed by atoms with E-state index in [1.165, 1.54) is 16.8 Å². The summed E-state index contributed by atoms with van der Waals surface area (Å²) in [6.07, 6.45) is -0.0113. The molecule has 1 unspecified atom stereocenters. The van der Waals surface area contributed by atoms with Crippen molar-refractivity contribution in [2.24, 2.45) is 5.10 Å². The molecule has 0 fully saturated rings. The van der Waals surface area contributed by atoms with Gasteiger partial charge in [0.05, 0.1) is 17.0 Å². The molecule has 4 aromatic carbocycles. The van der Waals surface area contributed by atoms with Gasteiger partial charge in [0, 0.05) is 10.6 Å². The molecule has 0 aromatic heterocycles. The van der Waals surface area contributed by atoms with Gasteiger partial charge in [-0.2, -0.15) is 10.1 Å². The molecule has 0 aliphatic carbocycles. The van der Waals surface area contributed by atoms with Gasteiger partial charge in [0.1, 0.15) is 11.1 Å². The molecule has 1 aliphatic rings. The summed E-state index contributed by atoms with van der Waals surface area (Å²) >= 11 is 1.31. The average molecular weight is 571 g/mol. The Labute approximate surface area is 237 Å². The number of aryl methyl sites for hydroxylation is 1. The second-order valence-electron chi connectivity index (χ2n) is 9.11. The standard InChI is InChI=1S/C30H26N4O4S2/c1-21-12-18-26(19-13-21)40(37,38)33-23-14-16-25(17-15-23)39-29(22-8-4-2-5-9-22)30(36)31-27-20-28(35)34(32-27)24-10-6-3-7-11-24/h2-19,29,33H,20H2,1H3,(H,31,32,36). The molecule has 0 bridgehead atoms. The number of hydrogen-bond donors (Lipinski definition) is 2. The Morgan fingerprint density at radius 3 is 2.15 bits per heavy atom. The average Bonchev–Trinajstić information content (AvgIpc) is 3.33. The van der Waals surface area contributed by atoms with E-state index in [2.05, 4.69) is 15.1 Å². The predicted molar refractivity (Wildman–Crippen MR) is 158 cm³/mol. The third kappa shape index (κ3) is 6.41. The summed E-state index contributed by atoms with van der Waals surface area (Å²) in [5, 5.41) is 7.81. The lowest BCUT2D eigenvalue weighted by molar-refractivity contribution is -0.119. The Bertz CT molecular complexity index is 1640. The lowest BCUT2D eigenvalue weighted by atomic mass is 10.1. The Morgan fingerprint density at radius 1 is 0.875 bits per heavy atom. The minimum Gasteiger partial charge on any atom is -0.311 e. The number of carbonyl (C=O) groups is 2. The molecule has 1 heterocycles. The summed E-state index contributed by atoms with van der Waals surface area (Å²) in [5.41, 5.74) is 2.78. The van der Waals surface area contributed by atoms with Gasteiger partial charge >= 0.3 is 0 Å². The molecule has 2 N–H and O–H groups in total. The Balaban J connectivity index is 1.31. The van der Waals surface area contributed by atoms with E-state index >= 15 is 0 Å². The van der Waals surface area contributed by atoms with Crippen molar-refractivity contribution in [3.63, 3.8) is 0 Å². The van der Waals surface area contributed by atoms with Gasteiger partial charge in [-0.3, -0.25) is 14.3 Å². The number of amidine groups is 1. The molecule has 2 amide bonds. The highest BCUT2D eigenvalue weighted by molar-refractivity contribution is 8.00. The van der Waals surface area contributed by atoms with Crippen LogP contribution in [0, 0.1) is 6.92 Å². The van der Waals surface area contributed by atoms with Crippen molar-refractivity contribution in [3.8, 4) is 0 Å². The van der Waals surface area contributed by atoms with Crippen LogP contribution in [0.25, 0.3) is 0 Å². The van der Waals surface area contributed by atoms with E-state index in [4.69, 9.17) is 0 Å². The van der Waals surface area contributed by atoms with Gasteiger partial charge < -0.3 is 5.32 Å². The van der Waals surface area contributed by atoms with Crippen molar-refractivity contribution in [1.29, 1.82) is 0 Å². The molecule has 8 nitrogen and oxygen atoms in total. The van der Waals surface area contributed by atoms with Crippen LogP contribution < -0.4 is 15.0 Å². The van der Waals surface area contributed by atoms with Gasteiger partial charge in [-0.1, -0.05) is 66.2 Å². The highest BCUT2D eigenvalue weighted by Gasteiger charge is 2.29. The molecule has 0 saturated carbocycles. The zero-order valence-corrected chi connectivity index (χ0v) is 23.2. The van der Waals surface area contributed by atoms with Gasteiger partial charge in [0.25, 0.3) is 15.9 Å². The van der Waals surface area contributed by atoms with Crippen molar-refractivity contribution < 1.29 is 18.0 Å². The first-order valence-electron chi connectivity index (χ1n) is 12.5. The molecule has 0 radical (unpaired) electrons. The Hall–Kier alpha value is -4.41. The number of nitrogens with one attached hydrogen (secondary N) is 2. The number of anilines is 2. The maximum atomic E-state index is 13.5. The predicted octanol–water partition coefficient (Wildman–Crippen LogP) is 5.50. The first kappa shape index (κ1) is 27.2. The van der Waals surface area contributed by atoms with Crippen molar-refractivity contribution in [1.82, 2.24) is 5.32 Å². The number of amides is 2. The smallest absolute Gasteiger partial charge is 0.261 e. The van der Waals surface area contributed by atoms with Gasteiger partial charge in [0.15, 0.2) is 0 Å². The molecule has 0 spiro atoms. The minimum absolute atomic E-state index is 0.0113. The van der Waals surface area contributed by atoms with Crippen LogP contribution in [0.1, 0.15) is 22.8 Å². The number of carbonyl (C=O) groups excluding carboxylic acids is 2. The number of sulfonamides is 1. The summed E-state index contributed by atoms with van der Waals surface area (Å²) in [6.45, 7) is 1.89. The van der Waals surface area contributed by atoms with Crippen LogP contribution in [-0.4, -0.2) is 26.1 Å². The van der Waals surface area contributed by atoms with Gasteiger partial charge in [0.2, 0.25) is 5.91 Å². The summed E-state index contributed by atoms with van der Waals surface area (Å²) in [7, 11) is -3.73. The van der Waals surface area contributed by atoms with Crippen LogP contribution in [-0.2, 0) is 19.6 Å². The largest absolute Gasteiger partial charge is 0.311 e. The van der Waals surface area contributed by atoms with E-state index in [1.54, 1.807) is 60.7 Å². The van der Waals surface area contributed by atoms with Crippen molar-refractivity contribution >= 4 is 50.8 Å². The third-order valence-electron chi connectivity index (χ3n) is 6.08. The lowest BCUT2D eigenvalue weighted by Crippen LogP contribution is -2.33. The van der Waals surface area contributed by atoms with Crippen LogP contribution in [0.5, 0.6) is 0 Å². The molecule has 4 aromatic rings.